The number of nitro benzene ring substituents is 1. The van der Waals surface area contributed by atoms with Crippen LogP contribution in [0.5, 0.6) is 11.5 Å². The maximum atomic E-state index is 14.1. The first-order valence-corrected chi connectivity index (χ1v) is 46.2. The molecule has 6 aliphatic heterocycles. The van der Waals surface area contributed by atoms with Gasteiger partial charge in [0.25, 0.3) is 25.9 Å². The van der Waals surface area contributed by atoms with Crippen molar-refractivity contribution in [1.82, 2.24) is 0 Å². The average molecular weight is 1650 g/mol. The van der Waals surface area contributed by atoms with Gasteiger partial charge in [-0.3, -0.25) is 23.3 Å². The fourth-order valence-corrected chi connectivity index (χ4v) is 17.7. The lowest BCUT2D eigenvalue weighted by molar-refractivity contribution is -0.384. The van der Waals surface area contributed by atoms with Crippen molar-refractivity contribution in [2.75, 3.05) is 19.2 Å². The summed E-state index contributed by atoms with van der Waals surface area (Å²) in [5, 5.41) is 11.4. The Kier molecular flexibility index (Phi) is 31.7. The molecule has 0 N–H and O–H groups in total. The Morgan fingerprint density at radius 3 is 1.54 bits per heavy atom. The topological polar surface area (TPSA) is 338 Å². The molecule has 0 aliphatic carbocycles. The van der Waals surface area contributed by atoms with Crippen molar-refractivity contribution in [2.45, 2.75) is 293 Å². The molecule has 29 nitrogen and oxygen atoms in total. The molecule has 0 bridgehead atoms. The lowest BCUT2D eigenvalue weighted by Gasteiger charge is -2.46. The quantitative estimate of drug-likeness (QED) is 0.00678. The summed E-state index contributed by atoms with van der Waals surface area (Å²) in [6, 6.07) is 40.6. The minimum absolute atomic E-state index is 0.00575. The van der Waals surface area contributed by atoms with Gasteiger partial charge < -0.3 is 85.3 Å². The third kappa shape index (κ3) is 26.6. The first-order chi connectivity index (χ1) is 54.4. The van der Waals surface area contributed by atoms with Gasteiger partial charge in [0, 0.05) is 71.8 Å². The van der Waals surface area contributed by atoms with Crippen LogP contribution >= 0.6 is 0 Å². The summed E-state index contributed by atoms with van der Waals surface area (Å²) in [7, 11) is -9.89. The number of carbonyl (C=O) groups is 3. The SMILES string of the molecule is CC(=O)CCC(=O)O[C@H]1CC[C@H](O[C@@H]2C[C@H](O[C@@H]3C[C@@H](O[C@H]4CC[C@H](O[C@@H]5C[C@H](O[C@@H]6[C@@H](C)O[C@@H](Oc7ccc(OCOCC[Si](C)(C)C)cc7)C[C@H]6OCc6ccccc6)O[C@H](C)[C@H]5OS(=O)(=O)Cc5ccccc5)O[C@H]4C)O[C@H](C)[C@H]3OC(=O)c3ccccc3)O[C@H](C)[C@H]2OS(=O)(=O)CCc2ccc([N+](=O)[O-])cc2)O[C@H]1C. The molecule has 0 saturated carbocycles. The molecule has 6 heterocycles. The highest BCUT2D eigenvalue weighted by Gasteiger charge is 2.51. The molecule has 114 heavy (non-hydrogen) atoms. The van der Waals surface area contributed by atoms with E-state index in [0.29, 0.717) is 42.1 Å². The number of nitrogens with zero attached hydrogens (tertiary/aromatic N) is 1. The van der Waals surface area contributed by atoms with Gasteiger partial charge in [-0.2, -0.15) is 16.8 Å². The van der Waals surface area contributed by atoms with Crippen LogP contribution in [0.2, 0.25) is 25.7 Å². The van der Waals surface area contributed by atoms with Crippen molar-refractivity contribution in [3.63, 3.8) is 0 Å². The highest BCUT2D eigenvalue weighted by molar-refractivity contribution is 7.86. The van der Waals surface area contributed by atoms with E-state index >= 15 is 0 Å². The van der Waals surface area contributed by atoms with Gasteiger partial charge in [-0.15, -0.1) is 0 Å². The largest absolute Gasteiger partial charge is 0.468 e. The fourth-order valence-electron chi connectivity index (χ4n) is 14.5. The number of non-ortho nitro benzene ring substituents is 1. The van der Waals surface area contributed by atoms with Gasteiger partial charge >= 0.3 is 11.9 Å². The summed E-state index contributed by atoms with van der Waals surface area (Å²) >= 11 is 0. The van der Waals surface area contributed by atoms with E-state index in [1.165, 1.54) is 31.2 Å². The van der Waals surface area contributed by atoms with Gasteiger partial charge in [0.05, 0.1) is 90.3 Å². The molecule has 6 fully saturated rings. The average Bonchev–Trinajstić information content (AvgIpc) is 0.792. The van der Waals surface area contributed by atoms with Gasteiger partial charge in [-0.25, -0.2) is 4.79 Å². The number of rotatable bonds is 37. The van der Waals surface area contributed by atoms with E-state index in [1.807, 2.05) is 56.3 Å². The van der Waals surface area contributed by atoms with Gasteiger partial charge in [-0.05, 0) is 127 Å². The van der Waals surface area contributed by atoms with E-state index in [1.54, 1.807) is 100 Å². The van der Waals surface area contributed by atoms with Crippen molar-refractivity contribution in [2.24, 2.45) is 0 Å². The van der Waals surface area contributed by atoms with Crippen molar-refractivity contribution >= 4 is 51.7 Å². The van der Waals surface area contributed by atoms with Gasteiger partial charge in [-0.1, -0.05) is 111 Å². The molecular formula is C82H109NO28S2Si. The van der Waals surface area contributed by atoms with Crippen molar-refractivity contribution in [3.05, 3.63) is 172 Å². The van der Waals surface area contributed by atoms with E-state index in [9.17, 15) is 41.3 Å². The maximum absolute atomic E-state index is 14.1. The minimum atomic E-state index is -4.37. The van der Waals surface area contributed by atoms with Crippen LogP contribution in [-0.4, -0.2) is 202 Å². The molecule has 0 spiro atoms. The Labute approximate surface area is 668 Å². The Balaban J connectivity index is 0.771. The first kappa shape index (κ1) is 88.0. The molecule has 0 amide bonds. The molecule has 22 atom stereocenters. The molecule has 6 saturated heterocycles. The number of hydrogen-bond acceptors (Lipinski definition) is 28. The second kappa shape index (κ2) is 41.1. The number of hydrogen-bond donors (Lipinski definition) is 0. The van der Waals surface area contributed by atoms with Gasteiger partial charge in [0.15, 0.2) is 44.3 Å². The second-order valence-corrected chi connectivity index (χ2v) is 40.1. The fraction of sp³-hybridized carbons (Fsp3) is 0.598. The zero-order valence-corrected chi connectivity index (χ0v) is 68.8. The van der Waals surface area contributed by atoms with Crippen molar-refractivity contribution < 1.29 is 125 Å². The first-order valence-electron chi connectivity index (χ1n) is 39.3. The normalized spacial score (nSPS) is 31.0. The second-order valence-electron chi connectivity index (χ2n) is 31.1. The van der Waals surface area contributed by atoms with Crippen LogP contribution in [0.1, 0.15) is 140 Å². The summed E-state index contributed by atoms with van der Waals surface area (Å²) in [4.78, 5) is 49.2. The number of benzene rings is 5. The van der Waals surface area contributed by atoms with Crippen LogP contribution in [0.15, 0.2) is 140 Å². The number of esters is 2. The van der Waals surface area contributed by atoms with Crippen LogP contribution in [0.25, 0.3) is 0 Å². The molecule has 32 heteroatoms. The lowest BCUT2D eigenvalue weighted by Crippen LogP contribution is -2.57. The molecule has 5 aromatic rings. The van der Waals surface area contributed by atoms with E-state index in [4.69, 9.17) is 88.9 Å². The molecule has 11 rings (SSSR count). The maximum Gasteiger partial charge on any atom is 0.338 e. The molecule has 0 radical (unpaired) electrons. The molecule has 0 unspecified atom stereocenters. The van der Waals surface area contributed by atoms with Gasteiger partial charge in [0.2, 0.25) is 6.29 Å². The zero-order chi connectivity index (χ0) is 81.3. The smallest absolute Gasteiger partial charge is 0.338 e. The number of ether oxygens (including phenoxy) is 17. The highest BCUT2D eigenvalue weighted by Crippen LogP contribution is 2.40. The van der Waals surface area contributed by atoms with E-state index in [-0.39, 0.29) is 88.2 Å². The standard InChI is InChI=1S/C82H109NO28S2Si/c1-51(84)26-37-71(85)103-65-35-38-72(96-52(65)2)105-69-46-76(100-56(6)80(69)110-112(89,90)42-40-58-27-29-62(30-28-58)83(87)88)107-68-45-75(99-55(5)79(68)109-82(86)61-24-18-13-19-25-61)104-66-36-39-73(97-53(66)3)106-70-47-77(101-57(7)81(70)111-113(91,92)49-60-22-16-12-17-23-60)108-78-54(4)98-74(44-67(78)94-48-59-20-14-11-15-21-59)102-64-33-31-63(32-34-64)95-50-93-41-43-114(8,9)10/h11-25,27-34,52-57,65-70,72-81H,26,35-50H2,1-10H3/t52-,53-,54+,55+,56+,57+,65-,66-,67+,68+,69+,70+,72-,73-,74-,75+,76-,77-,78+,79+,80+,81+/m0/s1. The van der Waals surface area contributed by atoms with Crippen LogP contribution in [0, 0.1) is 10.1 Å². The lowest BCUT2D eigenvalue weighted by atomic mass is 9.99. The zero-order valence-electron chi connectivity index (χ0n) is 66.2. The molecule has 0 aromatic heterocycles. The van der Waals surface area contributed by atoms with E-state index < -0.39 is 192 Å². The predicted molar refractivity (Wildman–Crippen MR) is 414 cm³/mol. The van der Waals surface area contributed by atoms with Crippen LogP contribution < -0.4 is 9.47 Å². The van der Waals surface area contributed by atoms with E-state index in [0.717, 1.165) is 11.6 Å². The number of carbonyl (C=O) groups excluding carboxylic acids is 3. The summed E-state index contributed by atoms with van der Waals surface area (Å²) in [6.45, 7) is 19.7. The number of Topliss-reactive ketones (excluding diaryl/α,β-unsaturated/α-hetero) is 1. The van der Waals surface area contributed by atoms with Crippen molar-refractivity contribution in [3.8, 4) is 11.5 Å². The van der Waals surface area contributed by atoms with Gasteiger partial charge in [0.1, 0.15) is 53.6 Å². The Hall–Kier alpha value is -6.77. The van der Waals surface area contributed by atoms with Crippen LogP contribution in [0.3, 0.4) is 0 Å². The highest BCUT2D eigenvalue weighted by atomic mass is 32.2. The Morgan fingerprint density at radius 1 is 0.482 bits per heavy atom. The van der Waals surface area contributed by atoms with Crippen LogP contribution in [0.4, 0.5) is 5.69 Å². The Morgan fingerprint density at radius 2 is 0.965 bits per heavy atom. The number of ketones is 1. The van der Waals surface area contributed by atoms with E-state index in [2.05, 4.69) is 19.6 Å². The minimum Gasteiger partial charge on any atom is -0.468 e. The summed E-state index contributed by atoms with van der Waals surface area (Å²) in [5.41, 5.74) is 2.09. The summed E-state index contributed by atoms with van der Waals surface area (Å²) in [6.07, 6.45) is -18.7. The third-order valence-corrected chi connectivity index (χ3v) is 24.8. The molecule has 6 aliphatic rings. The Bertz CT molecular complexity index is 4100. The summed E-state index contributed by atoms with van der Waals surface area (Å²) in [5.74, 6) is -1.11. The molecular weight excluding hydrogens is 1540 g/mol. The number of aryl methyl sites for hydroxylation is 1. The molecule has 626 valence electrons. The predicted octanol–water partition coefficient (Wildman–Crippen LogP) is 12.1. The van der Waals surface area contributed by atoms with Crippen molar-refractivity contribution in [1.29, 1.82) is 0 Å². The third-order valence-electron chi connectivity index (χ3n) is 20.7. The number of nitro groups is 1. The van der Waals surface area contributed by atoms with Crippen LogP contribution in [-0.2, 0) is 128 Å². The molecule has 5 aromatic carbocycles. The summed E-state index contributed by atoms with van der Waals surface area (Å²) < 4.78 is 178. The monoisotopic (exact) mass is 1650 g/mol.